The van der Waals surface area contributed by atoms with Gasteiger partial charge in [-0.2, -0.15) is 5.10 Å². The van der Waals surface area contributed by atoms with Gasteiger partial charge in [0, 0.05) is 24.4 Å². The summed E-state index contributed by atoms with van der Waals surface area (Å²) in [5.74, 6) is 0. The Morgan fingerprint density at radius 3 is 2.60 bits per heavy atom. The van der Waals surface area contributed by atoms with Crippen molar-refractivity contribution in [3.63, 3.8) is 0 Å². The molecule has 110 valence electrons. The highest BCUT2D eigenvalue weighted by molar-refractivity contribution is 9.11. The maximum Gasteiger partial charge on any atom is 0.0766 e. The van der Waals surface area contributed by atoms with Crippen molar-refractivity contribution < 1.29 is 0 Å². The standard InChI is InChI=1S/C14H19Br2N3S/c1-4-9-14(16)11(19(3)18-9)8-10(17-5-2)12-6-7-13(15)20-12/h6-7,10,17H,4-5,8H2,1-3H3. The maximum atomic E-state index is 4.58. The zero-order valence-electron chi connectivity index (χ0n) is 11.9. The first-order valence-corrected chi connectivity index (χ1v) is 9.15. The molecule has 1 unspecified atom stereocenters. The molecule has 2 rings (SSSR count). The molecule has 0 aromatic carbocycles. The summed E-state index contributed by atoms with van der Waals surface area (Å²) in [5, 5.41) is 8.15. The molecule has 0 saturated carbocycles. The molecule has 3 nitrogen and oxygen atoms in total. The SMILES string of the molecule is CCNC(Cc1c(Br)c(CC)nn1C)c1ccc(Br)s1. The predicted octanol–water partition coefficient (Wildman–Crippen LogP) is 4.46. The zero-order valence-corrected chi connectivity index (χ0v) is 15.9. The van der Waals surface area contributed by atoms with Crippen LogP contribution in [0.25, 0.3) is 0 Å². The summed E-state index contributed by atoms with van der Waals surface area (Å²) in [6.45, 7) is 5.23. The molecule has 0 aliphatic rings. The molecule has 6 heteroatoms. The third-order valence-corrected chi connectivity index (χ3v) is 5.94. The Morgan fingerprint density at radius 1 is 1.35 bits per heavy atom. The number of rotatable bonds is 6. The molecule has 0 fully saturated rings. The molecule has 0 bridgehead atoms. The second kappa shape index (κ2) is 7.20. The number of aryl methyl sites for hydroxylation is 2. The van der Waals surface area contributed by atoms with Crippen molar-refractivity contribution in [2.45, 2.75) is 32.7 Å². The summed E-state index contributed by atoms with van der Waals surface area (Å²) >= 11 is 9.04. The van der Waals surface area contributed by atoms with Gasteiger partial charge in [-0.1, -0.05) is 13.8 Å². The van der Waals surface area contributed by atoms with Gasteiger partial charge in [-0.05, 0) is 57.0 Å². The molecule has 0 saturated heterocycles. The monoisotopic (exact) mass is 419 g/mol. The maximum absolute atomic E-state index is 4.58. The van der Waals surface area contributed by atoms with Gasteiger partial charge in [0.15, 0.2) is 0 Å². The molecular weight excluding hydrogens is 402 g/mol. The highest BCUT2D eigenvalue weighted by Gasteiger charge is 2.19. The predicted molar refractivity (Wildman–Crippen MR) is 92.4 cm³/mol. The second-order valence-corrected chi connectivity index (χ2v) is 7.93. The topological polar surface area (TPSA) is 29.9 Å². The number of nitrogens with zero attached hydrogens (tertiary/aromatic N) is 2. The third kappa shape index (κ3) is 3.53. The van der Waals surface area contributed by atoms with Crippen LogP contribution in [0.4, 0.5) is 0 Å². The fourth-order valence-corrected chi connectivity index (χ4v) is 4.55. The van der Waals surface area contributed by atoms with Crippen LogP contribution in [0.1, 0.15) is 36.2 Å². The first-order valence-electron chi connectivity index (χ1n) is 6.75. The molecule has 0 radical (unpaired) electrons. The smallest absolute Gasteiger partial charge is 0.0766 e. The van der Waals surface area contributed by atoms with Gasteiger partial charge in [0.2, 0.25) is 0 Å². The lowest BCUT2D eigenvalue weighted by molar-refractivity contribution is 0.535. The van der Waals surface area contributed by atoms with E-state index in [1.807, 2.05) is 11.7 Å². The lowest BCUT2D eigenvalue weighted by atomic mass is 10.1. The summed E-state index contributed by atoms with van der Waals surface area (Å²) < 4.78 is 4.32. The molecule has 20 heavy (non-hydrogen) atoms. The number of thiophene rings is 1. The zero-order chi connectivity index (χ0) is 14.7. The van der Waals surface area contributed by atoms with Crippen molar-refractivity contribution in [1.82, 2.24) is 15.1 Å². The lowest BCUT2D eigenvalue weighted by Gasteiger charge is -2.17. The van der Waals surface area contributed by atoms with E-state index in [2.05, 4.69) is 68.3 Å². The van der Waals surface area contributed by atoms with E-state index in [9.17, 15) is 0 Å². The van der Waals surface area contributed by atoms with Crippen LogP contribution in [0.2, 0.25) is 0 Å². The van der Waals surface area contributed by atoms with Gasteiger partial charge in [0.1, 0.15) is 0 Å². The molecule has 2 aromatic heterocycles. The van der Waals surface area contributed by atoms with E-state index >= 15 is 0 Å². The fourth-order valence-electron chi connectivity index (χ4n) is 2.27. The van der Waals surface area contributed by atoms with Crippen LogP contribution in [0.3, 0.4) is 0 Å². The van der Waals surface area contributed by atoms with Crippen molar-refractivity contribution in [2.24, 2.45) is 7.05 Å². The van der Waals surface area contributed by atoms with Crippen molar-refractivity contribution >= 4 is 43.2 Å². The lowest BCUT2D eigenvalue weighted by Crippen LogP contribution is -2.23. The molecule has 1 atom stereocenters. The van der Waals surface area contributed by atoms with E-state index in [0.717, 1.165) is 29.6 Å². The number of hydrogen-bond acceptors (Lipinski definition) is 3. The van der Waals surface area contributed by atoms with E-state index < -0.39 is 0 Å². The summed E-state index contributed by atoms with van der Waals surface area (Å²) in [7, 11) is 2.02. The van der Waals surface area contributed by atoms with Gasteiger partial charge in [-0.15, -0.1) is 11.3 Å². The molecule has 2 heterocycles. The third-order valence-electron chi connectivity index (χ3n) is 3.29. The van der Waals surface area contributed by atoms with E-state index in [4.69, 9.17) is 0 Å². The van der Waals surface area contributed by atoms with Crippen LogP contribution in [-0.4, -0.2) is 16.3 Å². The Bertz CT molecular complexity index is 577. The fraction of sp³-hybridized carbons (Fsp3) is 0.500. The highest BCUT2D eigenvalue weighted by atomic mass is 79.9. The van der Waals surface area contributed by atoms with Crippen molar-refractivity contribution in [1.29, 1.82) is 0 Å². The van der Waals surface area contributed by atoms with Crippen molar-refractivity contribution in [3.8, 4) is 0 Å². The van der Waals surface area contributed by atoms with Crippen molar-refractivity contribution in [3.05, 3.63) is 36.7 Å². The summed E-state index contributed by atoms with van der Waals surface area (Å²) in [6, 6.07) is 4.63. The Hall–Kier alpha value is -0.170. The van der Waals surface area contributed by atoms with Crippen LogP contribution < -0.4 is 5.32 Å². The van der Waals surface area contributed by atoms with E-state index in [0.29, 0.717) is 6.04 Å². The molecule has 0 amide bonds. The second-order valence-electron chi connectivity index (χ2n) is 4.64. The minimum absolute atomic E-state index is 0.327. The van der Waals surface area contributed by atoms with E-state index in [1.54, 1.807) is 11.3 Å². The van der Waals surface area contributed by atoms with E-state index in [-0.39, 0.29) is 0 Å². The quantitative estimate of drug-likeness (QED) is 0.747. The summed E-state index contributed by atoms with van der Waals surface area (Å²) in [5.41, 5.74) is 2.38. The van der Waals surface area contributed by atoms with Gasteiger partial charge in [-0.3, -0.25) is 4.68 Å². The average molecular weight is 421 g/mol. The summed E-state index contributed by atoms with van der Waals surface area (Å²) in [4.78, 5) is 1.35. The Morgan fingerprint density at radius 2 is 2.10 bits per heavy atom. The van der Waals surface area contributed by atoms with Gasteiger partial charge >= 0.3 is 0 Å². The Labute approximate surface area is 141 Å². The highest BCUT2D eigenvalue weighted by Crippen LogP contribution is 2.31. The van der Waals surface area contributed by atoms with Crippen LogP contribution in [0.15, 0.2) is 20.4 Å². The number of hydrogen-bond donors (Lipinski definition) is 1. The van der Waals surface area contributed by atoms with Crippen LogP contribution in [0.5, 0.6) is 0 Å². The van der Waals surface area contributed by atoms with Crippen LogP contribution in [0, 0.1) is 0 Å². The van der Waals surface area contributed by atoms with Crippen LogP contribution in [-0.2, 0) is 19.9 Å². The summed E-state index contributed by atoms with van der Waals surface area (Å²) in [6.07, 6.45) is 1.88. The molecule has 2 aromatic rings. The minimum Gasteiger partial charge on any atom is -0.309 e. The molecule has 0 aliphatic heterocycles. The molecule has 0 aliphatic carbocycles. The minimum atomic E-state index is 0.327. The number of nitrogens with one attached hydrogen (secondary N) is 1. The average Bonchev–Trinajstić information content (AvgIpc) is 2.96. The van der Waals surface area contributed by atoms with Gasteiger partial charge in [0.05, 0.1) is 19.6 Å². The normalized spacial score (nSPS) is 12.8. The van der Waals surface area contributed by atoms with Gasteiger partial charge in [-0.25, -0.2) is 0 Å². The first kappa shape index (κ1) is 16.2. The number of aromatic nitrogens is 2. The van der Waals surface area contributed by atoms with Crippen LogP contribution >= 0.6 is 43.2 Å². The number of likely N-dealkylation sites (N-methyl/N-ethyl adjacent to an activating group) is 1. The van der Waals surface area contributed by atoms with Gasteiger partial charge < -0.3 is 5.32 Å². The molecule has 1 N–H and O–H groups in total. The molecular formula is C14H19Br2N3S. The largest absolute Gasteiger partial charge is 0.309 e. The molecule has 0 spiro atoms. The number of halogens is 2. The Kier molecular flexibility index (Phi) is 5.84. The van der Waals surface area contributed by atoms with Crippen molar-refractivity contribution in [2.75, 3.05) is 6.54 Å². The Balaban J connectivity index is 2.26. The first-order chi connectivity index (χ1) is 9.56. The van der Waals surface area contributed by atoms with E-state index in [1.165, 1.54) is 14.4 Å². The van der Waals surface area contributed by atoms with Gasteiger partial charge in [0.25, 0.3) is 0 Å².